The summed E-state index contributed by atoms with van der Waals surface area (Å²) < 4.78 is 26.7. The third kappa shape index (κ3) is 3.76. The van der Waals surface area contributed by atoms with Gasteiger partial charge in [-0.3, -0.25) is 9.47 Å². The minimum Gasteiger partial charge on any atom is -0.328 e. The molecule has 0 bridgehead atoms. The number of aromatic nitrogens is 2. The van der Waals surface area contributed by atoms with Crippen molar-refractivity contribution in [2.45, 2.75) is 64.2 Å². The number of hydrogen-bond acceptors (Lipinski definition) is 3. The summed E-state index contributed by atoms with van der Waals surface area (Å²) >= 11 is 0. The van der Waals surface area contributed by atoms with E-state index in [1.165, 1.54) is 12.4 Å². The average Bonchev–Trinajstić information content (AvgIpc) is 2.87. The maximum Gasteiger partial charge on any atom is 0.319 e. The third-order valence-electron chi connectivity index (χ3n) is 4.07. The van der Waals surface area contributed by atoms with Crippen LogP contribution < -0.4 is 5.73 Å². The van der Waals surface area contributed by atoms with Gasteiger partial charge in [-0.15, -0.1) is 0 Å². The molecule has 1 aromatic rings. The Morgan fingerprint density at radius 3 is 2.70 bits per heavy atom. The number of alkyl halides is 2. The molecule has 0 atom stereocenters. The third-order valence-corrected chi connectivity index (χ3v) is 4.07. The van der Waals surface area contributed by atoms with Crippen molar-refractivity contribution in [1.82, 2.24) is 14.5 Å². The van der Waals surface area contributed by atoms with E-state index in [0.717, 1.165) is 43.2 Å². The van der Waals surface area contributed by atoms with Gasteiger partial charge in [-0.1, -0.05) is 6.92 Å². The molecule has 20 heavy (non-hydrogen) atoms. The number of rotatable bonds is 6. The molecule has 1 aliphatic carbocycles. The molecule has 1 fully saturated rings. The first-order valence-corrected chi connectivity index (χ1v) is 7.41. The lowest BCUT2D eigenvalue weighted by Gasteiger charge is -2.35. The van der Waals surface area contributed by atoms with E-state index in [1.54, 1.807) is 0 Å². The van der Waals surface area contributed by atoms with Crippen LogP contribution in [-0.2, 0) is 6.54 Å². The van der Waals surface area contributed by atoms with Crippen molar-refractivity contribution in [1.29, 1.82) is 0 Å². The van der Waals surface area contributed by atoms with Gasteiger partial charge >= 0.3 is 6.55 Å². The first kappa shape index (κ1) is 15.4. The Bertz CT molecular complexity index is 400. The summed E-state index contributed by atoms with van der Waals surface area (Å²) in [5.41, 5.74) is 5.94. The van der Waals surface area contributed by atoms with Crippen LogP contribution in [0, 0.1) is 0 Å². The van der Waals surface area contributed by atoms with Gasteiger partial charge in [-0.25, -0.2) is 4.98 Å². The molecule has 4 nitrogen and oxygen atoms in total. The van der Waals surface area contributed by atoms with E-state index in [2.05, 4.69) is 16.8 Å². The summed E-state index contributed by atoms with van der Waals surface area (Å²) in [5.74, 6) is 0.448. The SMILES string of the molecule is CCCN(Cc1nccn1C(F)F)C1CCC(N)CC1. The van der Waals surface area contributed by atoms with Gasteiger partial charge in [0, 0.05) is 24.5 Å². The van der Waals surface area contributed by atoms with E-state index in [9.17, 15) is 8.78 Å². The lowest BCUT2D eigenvalue weighted by atomic mass is 9.90. The standard InChI is InChI=1S/C14H24F2N4/c1-2-8-19(12-5-3-11(17)4-6-12)10-13-18-7-9-20(13)14(15)16/h7,9,11-12,14H,2-6,8,10,17H2,1H3. The molecular weight excluding hydrogens is 262 g/mol. The second kappa shape index (κ2) is 7.13. The zero-order chi connectivity index (χ0) is 14.5. The Hall–Kier alpha value is -1.01. The monoisotopic (exact) mass is 286 g/mol. The van der Waals surface area contributed by atoms with Gasteiger partial charge in [0.2, 0.25) is 0 Å². The Kier molecular flexibility index (Phi) is 5.48. The van der Waals surface area contributed by atoms with Crippen LogP contribution in [0.5, 0.6) is 0 Å². The predicted molar refractivity (Wildman–Crippen MR) is 74.4 cm³/mol. The zero-order valence-electron chi connectivity index (χ0n) is 12.0. The molecule has 2 rings (SSSR count). The number of nitrogens with zero attached hydrogens (tertiary/aromatic N) is 3. The smallest absolute Gasteiger partial charge is 0.319 e. The molecule has 1 aliphatic rings. The van der Waals surface area contributed by atoms with Crippen molar-refractivity contribution < 1.29 is 8.78 Å². The Labute approximate surface area is 119 Å². The molecule has 0 saturated heterocycles. The fraction of sp³-hybridized carbons (Fsp3) is 0.786. The van der Waals surface area contributed by atoms with Crippen LogP contribution in [0.2, 0.25) is 0 Å². The molecule has 0 amide bonds. The van der Waals surface area contributed by atoms with Gasteiger partial charge in [-0.05, 0) is 38.6 Å². The van der Waals surface area contributed by atoms with Gasteiger partial charge in [-0.2, -0.15) is 8.78 Å². The van der Waals surface area contributed by atoms with E-state index in [0.29, 0.717) is 24.5 Å². The largest absolute Gasteiger partial charge is 0.328 e. The van der Waals surface area contributed by atoms with E-state index >= 15 is 0 Å². The normalized spacial score (nSPS) is 23.7. The highest BCUT2D eigenvalue weighted by Crippen LogP contribution is 2.24. The topological polar surface area (TPSA) is 47.1 Å². The maximum absolute atomic E-state index is 12.9. The summed E-state index contributed by atoms with van der Waals surface area (Å²) in [6, 6.07) is 0.746. The van der Waals surface area contributed by atoms with Gasteiger partial charge in [0.15, 0.2) is 0 Å². The van der Waals surface area contributed by atoms with Crippen LogP contribution >= 0.6 is 0 Å². The summed E-state index contributed by atoms with van der Waals surface area (Å²) in [6.45, 7) is 0.998. The Morgan fingerprint density at radius 2 is 2.10 bits per heavy atom. The predicted octanol–water partition coefficient (Wildman–Crippen LogP) is 2.76. The molecule has 0 spiro atoms. The molecular formula is C14H24F2N4. The highest BCUT2D eigenvalue weighted by Gasteiger charge is 2.25. The summed E-state index contributed by atoms with van der Waals surface area (Å²) in [4.78, 5) is 6.37. The van der Waals surface area contributed by atoms with Crippen LogP contribution in [0.1, 0.15) is 51.4 Å². The number of nitrogens with two attached hydrogens (primary N) is 1. The highest BCUT2D eigenvalue weighted by molar-refractivity contribution is 4.94. The van der Waals surface area contributed by atoms with Crippen molar-refractivity contribution in [3.05, 3.63) is 18.2 Å². The van der Waals surface area contributed by atoms with Crippen LogP contribution in [0.15, 0.2) is 12.4 Å². The van der Waals surface area contributed by atoms with E-state index in [-0.39, 0.29) is 0 Å². The van der Waals surface area contributed by atoms with Gasteiger partial charge in [0.05, 0.1) is 6.54 Å². The van der Waals surface area contributed by atoms with Crippen molar-refractivity contribution in [2.24, 2.45) is 5.73 Å². The summed E-state index contributed by atoms with van der Waals surface area (Å²) in [7, 11) is 0. The van der Waals surface area contributed by atoms with Crippen LogP contribution in [0.25, 0.3) is 0 Å². The second-order valence-corrected chi connectivity index (χ2v) is 5.57. The molecule has 0 aliphatic heterocycles. The van der Waals surface area contributed by atoms with Crippen molar-refractivity contribution in [3.63, 3.8) is 0 Å². The zero-order valence-corrected chi connectivity index (χ0v) is 12.0. The summed E-state index contributed by atoms with van der Waals surface area (Å²) in [6.07, 6.45) is 7.96. The molecule has 1 aromatic heterocycles. The molecule has 1 heterocycles. The Balaban J connectivity index is 2.03. The number of halogens is 2. The van der Waals surface area contributed by atoms with E-state index < -0.39 is 6.55 Å². The van der Waals surface area contributed by atoms with Gasteiger partial charge < -0.3 is 5.73 Å². The highest BCUT2D eigenvalue weighted by atomic mass is 19.3. The van der Waals surface area contributed by atoms with Crippen LogP contribution in [-0.4, -0.2) is 33.1 Å². The summed E-state index contributed by atoms with van der Waals surface area (Å²) in [5, 5.41) is 0. The molecule has 2 N–H and O–H groups in total. The lowest BCUT2D eigenvalue weighted by molar-refractivity contribution is 0.0601. The fourth-order valence-electron chi connectivity index (χ4n) is 2.97. The minimum absolute atomic E-state index is 0.303. The van der Waals surface area contributed by atoms with Crippen LogP contribution in [0.4, 0.5) is 8.78 Å². The van der Waals surface area contributed by atoms with Crippen molar-refractivity contribution in [2.75, 3.05) is 6.54 Å². The first-order chi connectivity index (χ1) is 9.61. The average molecular weight is 286 g/mol. The molecule has 6 heteroatoms. The first-order valence-electron chi connectivity index (χ1n) is 7.41. The van der Waals surface area contributed by atoms with Crippen molar-refractivity contribution >= 4 is 0 Å². The van der Waals surface area contributed by atoms with Gasteiger partial charge in [0.1, 0.15) is 5.82 Å². The molecule has 0 unspecified atom stereocenters. The number of hydrogen-bond donors (Lipinski definition) is 1. The Morgan fingerprint density at radius 1 is 1.40 bits per heavy atom. The van der Waals surface area contributed by atoms with E-state index in [4.69, 9.17) is 5.73 Å². The quantitative estimate of drug-likeness (QED) is 0.874. The van der Waals surface area contributed by atoms with Crippen molar-refractivity contribution in [3.8, 4) is 0 Å². The maximum atomic E-state index is 12.9. The molecule has 1 saturated carbocycles. The van der Waals surface area contributed by atoms with Crippen LogP contribution in [0.3, 0.4) is 0 Å². The molecule has 114 valence electrons. The number of imidazole rings is 1. The fourth-order valence-corrected chi connectivity index (χ4v) is 2.97. The molecule has 0 aromatic carbocycles. The molecule has 0 radical (unpaired) electrons. The van der Waals surface area contributed by atoms with Gasteiger partial charge in [0.25, 0.3) is 0 Å². The lowest BCUT2D eigenvalue weighted by Crippen LogP contribution is -2.41. The second-order valence-electron chi connectivity index (χ2n) is 5.57. The van der Waals surface area contributed by atoms with E-state index in [1.807, 2.05) is 0 Å². The minimum atomic E-state index is -2.52.